The molecule has 1 N–H and O–H groups in total. The van der Waals surface area contributed by atoms with E-state index in [0.717, 1.165) is 21.8 Å². The van der Waals surface area contributed by atoms with Gasteiger partial charge >= 0.3 is 5.97 Å². The molecule has 1 aromatic heterocycles. The van der Waals surface area contributed by atoms with E-state index in [1.165, 1.54) is 13.0 Å². The molecule has 1 aliphatic rings. The van der Waals surface area contributed by atoms with E-state index in [1.54, 1.807) is 6.07 Å². The van der Waals surface area contributed by atoms with Crippen molar-refractivity contribution in [2.75, 3.05) is 6.61 Å². The summed E-state index contributed by atoms with van der Waals surface area (Å²) in [6.45, 7) is 3.77. The highest BCUT2D eigenvalue weighted by Gasteiger charge is 2.43. The topological polar surface area (TPSA) is 51.3 Å². The van der Waals surface area contributed by atoms with E-state index in [0.29, 0.717) is 30.7 Å². The predicted molar refractivity (Wildman–Crippen MR) is 84.0 cm³/mol. The highest BCUT2D eigenvalue weighted by molar-refractivity contribution is 9.10. The second-order valence-electron chi connectivity index (χ2n) is 5.45. The zero-order valence-electron chi connectivity index (χ0n) is 12.5. The van der Waals surface area contributed by atoms with Gasteiger partial charge in [-0.05, 0) is 30.5 Å². The summed E-state index contributed by atoms with van der Waals surface area (Å²) in [5.41, 5.74) is 2.01. The fraction of sp³-hybridized carbons (Fsp3) is 0.438. The van der Waals surface area contributed by atoms with Gasteiger partial charge in [0.05, 0.1) is 17.8 Å². The molecule has 2 heterocycles. The lowest BCUT2D eigenvalue weighted by Crippen LogP contribution is -2.39. The minimum absolute atomic E-state index is 0.333. The summed E-state index contributed by atoms with van der Waals surface area (Å²) < 4.78 is 26.3. The first kappa shape index (κ1) is 15.5. The Kier molecular flexibility index (Phi) is 3.99. The quantitative estimate of drug-likeness (QED) is 0.826. The standard InChI is InChI=1S/C16H17BrFNO3/c1-3-7-16(22-9(2)20)15-10(6-8-21-16)13-11(17)4-5-12(18)14(13)19-15/h4-5,19H,3,6-8H2,1-2H3. The highest BCUT2D eigenvalue weighted by Crippen LogP contribution is 2.43. The van der Waals surface area contributed by atoms with E-state index in [4.69, 9.17) is 9.47 Å². The van der Waals surface area contributed by atoms with Crippen molar-refractivity contribution < 1.29 is 18.7 Å². The third-order valence-electron chi connectivity index (χ3n) is 3.91. The molecule has 0 bridgehead atoms. The average molecular weight is 370 g/mol. The molecule has 3 rings (SSSR count). The molecule has 0 saturated carbocycles. The fourth-order valence-corrected chi connectivity index (χ4v) is 3.72. The zero-order valence-corrected chi connectivity index (χ0v) is 14.0. The number of carbonyl (C=O) groups is 1. The first-order valence-electron chi connectivity index (χ1n) is 7.31. The predicted octanol–water partition coefficient (Wildman–Crippen LogP) is 4.16. The van der Waals surface area contributed by atoms with Gasteiger partial charge in [-0.15, -0.1) is 0 Å². The van der Waals surface area contributed by atoms with Gasteiger partial charge in [0.2, 0.25) is 0 Å². The summed E-state index contributed by atoms with van der Waals surface area (Å²) in [5.74, 6) is -1.90. The number of rotatable bonds is 3. The molecule has 1 aromatic carbocycles. The highest BCUT2D eigenvalue weighted by atomic mass is 79.9. The summed E-state index contributed by atoms with van der Waals surface area (Å²) in [6.07, 6.45) is 1.93. The minimum Gasteiger partial charge on any atom is -0.427 e. The maximum Gasteiger partial charge on any atom is 0.305 e. The van der Waals surface area contributed by atoms with E-state index in [-0.39, 0.29) is 5.82 Å². The van der Waals surface area contributed by atoms with Crippen LogP contribution in [0.5, 0.6) is 0 Å². The van der Waals surface area contributed by atoms with Gasteiger partial charge in [-0.2, -0.15) is 0 Å². The van der Waals surface area contributed by atoms with Crippen LogP contribution >= 0.6 is 15.9 Å². The first-order chi connectivity index (χ1) is 10.5. The van der Waals surface area contributed by atoms with E-state index in [1.807, 2.05) is 6.92 Å². The molecule has 6 heteroatoms. The average Bonchev–Trinajstić information content (AvgIpc) is 2.85. The van der Waals surface area contributed by atoms with Crippen LogP contribution in [0.3, 0.4) is 0 Å². The number of hydrogen-bond donors (Lipinski definition) is 1. The van der Waals surface area contributed by atoms with Crippen molar-refractivity contribution in [3.8, 4) is 0 Å². The molecule has 1 atom stereocenters. The number of aromatic amines is 1. The van der Waals surface area contributed by atoms with Crippen LogP contribution in [0.25, 0.3) is 10.9 Å². The summed E-state index contributed by atoms with van der Waals surface area (Å²) in [5, 5.41) is 0.797. The SMILES string of the molecule is CCCC1(OC(C)=O)OCCc2c1[nH]c1c(F)ccc(Br)c21. The Morgan fingerprint density at radius 2 is 2.32 bits per heavy atom. The number of aromatic nitrogens is 1. The Morgan fingerprint density at radius 1 is 1.55 bits per heavy atom. The van der Waals surface area contributed by atoms with Crippen molar-refractivity contribution in [2.45, 2.75) is 38.9 Å². The number of ether oxygens (including phenoxy) is 2. The van der Waals surface area contributed by atoms with Gasteiger partial charge in [0.25, 0.3) is 5.79 Å². The lowest BCUT2D eigenvalue weighted by atomic mass is 9.96. The number of H-pyrrole nitrogens is 1. The Morgan fingerprint density at radius 3 is 3.00 bits per heavy atom. The first-order valence-corrected chi connectivity index (χ1v) is 8.10. The number of esters is 1. The van der Waals surface area contributed by atoms with E-state index in [2.05, 4.69) is 20.9 Å². The van der Waals surface area contributed by atoms with Gasteiger partial charge < -0.3 is 14.5 Å². The summed E-state index contributed by atoms with van der Waals surface area (Å²) in [4.78, 5) is 14.7. The van der Waals surface area contributed by atoms with Crippen LogP contribution in [0.1, 0.15) is 37.9 Å². The molecule has 0 fully saturated rings. The Hall–Kier alpha value is -1.40. The van der Waals surface area contributed by atoms with Gasteiger partial charge in [-0.1, -0.05) is 22.9 Å². The third-order valence-corrected chi connectivity index (χ3v) is 4.57. The Labute approximate surface area is 136 Å². The molecule has 0 aliphatic carbocycles. The number of nitrogens with one attached hydrogen (secondary N) is 1. The van der Waals surface area contributed by atoms with Crippen molar-refractivity contribution in [3.05, 3.63) is 33.7 Å². The molecule has 1 aliphatic heterocycles. The van der Waals surface area contributed by atoms with E-state index >= 15 is 0 Å². The van der Waals surface area contributed by atoms with Gasteiger partial charge in [0, 0.05) is 23.2 Å². The van der Waals surface area contributed by atoms with Crippen LogP contribution in [0.2, 0.25) is 0 Å². The molecule has 4 nitrogen and oxygen atoms in total. The van der Waals surface area contributed by atoms with Crippen LogP contribution in [0, 0.1) is 5.82 Å². The van der Waals surface area contributed by atoms with Crippen molar-refractivity contribution in [1.29, 1.82) is 0 Å². The number of carbonyl (C=O) groups excluding carboxylic acids is 1. The number of hydrogen-bond acceptors (Lipinski definition) is 3. The molecule has 2 aromatic rings. The van der Waals surface area contributed by atoms with Crippen LogP contribution < -0.4 is 0 Å². The molecule has 0 amide bonds. The second kappa shape index (κ2) is 5.66. The molecular formula is C16H17BrFNO3. The van der Waals surface area contributed by atoms with Crippen molar-refractivity contribution in [3.63, 3.8) is 0 Å². The molecule has 0 radical (unpaired) electrons. The van der Waals surface area contributed by atoms with Crippen molar-refractivity contribution >= 4 is 32.8 Å². The third kappa shape index (κ3) is 2.34. The number of fused-ring (bicyclic) bond motifs is 3. The number of benzene rings is 1. The van der Waals surface area contributed by atoms with Crippen molar-refractivity contribution in [1.82, 2.24) is 4.98 Å². The number of halogens is 2. The summed E-state index contributed by atoms with van der Waals surface area (Å²) in [7, 11) is 0. The smallest absolute Gasteiger partial charge is 0.305 e. The van der Waals surface area contributed by atoms with Gasteiger partial charge in [-0.25, -0.2) is 4.39 Å². The Bertz CT molecular complexity index is 743. The van der Waals surface area contributed by atoms with Gasteiger partial charge in [0.1, 0.15) is 5.82 Å². The normalized spacial score (nSPS) is 20.9. The zero-order chi connectivity index (χ0) is 15.9. The maximum absolute atomic E-state index is 14.2. The van der Waals surface area contributed by atoms with E-state index in [9.17, 15) is 9.18 Å². The van der Waals surface area contributed by atoms with Crippen LogP contribution in [-0.4, -0.2) is 17.6 Å². The molecule has 0 saturated heterocycles. The molecular weight excluding hydrogens is 353 g/mol. The lowest BCUT2D eigenvalue weighted by Gasteiger charge is -2.36. The maximum atomic E-state index is 14.2. The van der Waals surface area contributed by atoms with Crippen LogP contribution in [0.15, 0.2) is 16.6 Å². The molecule has 1 unspecified atom stereocenters. The Balaban J connectivity index is 2.27. The fourth-order valence-electron chi connectivity index (χ4n) is 3.15. The summed E-state index contributed by atoms with van der Waals surface area (Å²) >= 11 is 3.48. The lowest BCUT2D eigenvalue weighted by molar-refractivity contribution is -0.247. The van der Waals surface area contributed by atoms with Crippen LogP contribution in [0.4, 0.5) is 4.39 Å². The van der Waals surface area contributed by atoms with Crippen LogP contribution in [-0.2, 0) is 26.5 Å². The summed E-state index contributed by atoms with van der Waals surface area (Å²) in [6, 6.07) is 3.09. The second-order valence-corrected chi connectivity index (χ2v) is 6.31. The molecule has 118 valence electrons. The van der Waals surface area contributed by atoms with Gasteiger partial charge in [0.15, 0.2) is 0 Å². The molecule has 22 heavy (non-hydrogen) atoms. The monoisotopic (exact) mass is 369 g/mol. The van der Waals surface area contributed by atoms with E-state index < -0.39 is 11.8 Å². The van der Waals surface area contributed by atoms with Gasteiger partial charge in [-0.3, -0.25) is 4.79 Å². The largest absolute Gasteiger partial charge is 0.427 e. The van der Waals surface area contributed by atoms with Crippen molar-refractivity contribution in [2.24, 2.45) is 0 Å². The minimum atomic E-state index is -1.15. The molecule has 0 spiro atoms.